The Hall–Kier alpha value is -1.76. The molecule has 1 rings (SSSR count). The summed E-state index contributed by atoms with van der Waals surface area (Å²) in [7, 11) is 0. The van der Waals surface area contributed by atoms with Crippen molar-refractivity contribution in [3.8, 4) is 12.1 Å². The van der Waals surface area contributed by atoms with Crippen LogP contribution in [0.25, 0.3) is 0 Å². The molecule has 0 saturated carbocycles. The number of allylic oxidation sites excluding steroid dienone is 3. The van der Waals surface area contributed by atoms with Gasteiger partial charge < -0.3 is 0 Å². The molecule has 0 amide bonds. The van der Waals surface area contributed by atoms with E-state index in [1.165, 1.54) is 0 Å². The fraction of sp³-hybridized carbons (Fsp3) is 0.300. The van der Waals surface area contributed by atoms with E-state index in [0.29, 0.717) is 0 Å². The minimum absolute atomic E-state index is 0.196. The van der Waals surface area contributed by atoms with Crippen molar-refractivity contribution in [2.75, 3.05) is 0 Å². The molecule has 0 aliphatic heterocycles. The summed E-state index contributed by atoms with van der Waals surface area (Å²) in [4.78, 5) is 0. The molecule has 2 heteroatoms. The quantitative estimate of drug-likeness (QED) is 0.545. The average molecular weight is 156 g/mol. The molecule has 0 N–H and O–H groups in total. The molecule has 0 aromatic rings. The van der Waals surface area contributed by atoms with E-state index in [1.54, 1.807) is 18.2 Å². The minimum Gasteiger partial charge on any atom is -0.198 e. The average Bonchev–Trinajstić information content (AvgIpc) is 2.05. The van der Waals surface area contributed by atoms with Gasteiger partial charge in [-0.2, -0.15) is 10.5 Å². The van der Waals surface area contributed by atoms with Gasteiger partial charge in [-0.3, -0.25) is 0 Å². The molecule has 0 bridgehead atoms. The lowest BCUT2D eigenvalue weighted by Gasteiger charge is -2.15. The van der Waals surface area contributed by atoms with Gasteiger partial charge in [-0.05, 0) is 24.6 Å². The summed E-state index contributed by atoms with van der Waals surface area (Å²) >= 11 is 0. The highest BCUT2D eigenvalue weighted by Gasteiger charge is 2.25. The van der Waals surface area contributed by atoms with Gasteiger partial charge in [-0.1, -0.05) is 6.08 Å². The Morgan fingerprint density at radius 2 is 2.33 bits per heavy atom. The van der Waals surface area contributed by atoms with Crippen molar-refractivity contribution in [3.05, 3.63) is 29.5 Å². The van der Waals surface area contributed by atoms with E-state index >= 15 is 0 Å². The molecule has 0 fully saturated rings. The van der Waals surface area contributed by atoms with E-state index in [9.17, 15) is 0 Å². The zero-order valence-electron chi connectivity index (χ0n) is 6.83. The van der Waals surface area contributed by atoms with Gasteiger partial charge in [-0.15, -0.1) is 5.73 Å². The molecule has 0 spiro atoms. The molecule has 1 unspecified atom stereocenters. The molecule has 0 saturated heterocycles. The zero-order valence-corrected chi connectivity index (χ0v) is 6.83. The van der Waals surface area contributed by atoms with E-state index in [1.807, 2.05) is 13.0 Å². The van der Waals surface area contributed by atoms with E-state index in [0.717, 1.165) is 5.57 Å². The third-order valence-corrected chi connectivity index (χ3v) is 1.72. The number of hydrogen-bond acceptors (Lipinski definition) is 2. The third kappa shape index (κ3) is 1.45. The van der Waals surface area contributed by atoms with Crippen LogP contribution >= 0.6 is 0 Å². The van der Waals surface area contributed by atoms with Gasteiger partial charge in [-0.25, -0.2) is 0 Å². The predicted octanol–water partition coefficient (Wildman–Crippen LogP) is 2.08. The second-order valence-corrected chi connectivity index (χ2v) is 2.83. The zero-order chi connectivity index (χ0) is 9.03. The summed E-state index contributed by atoms with van der Waals surface area (Å²) in [5.74, 6) is 0. The van der Waals surface area contributed by atoms with Crippen LogP contribution in [0.3, 0.4) is 0 Å². The predicted molar refractivity (Wildman–Crippen MR) is 44.7 cm³/mol. The lowest BCUT2D eigenvalue weighted by atomic mass is 9.83. The fourth-order valence-corrected chi connectivity index (χ4v) is 1.15. The van der Waals surface area contributed by atoms with Crippen molar-refractivity contribution in [3.63, 3.8) is 0 Å². The Labute approximate surface area is 71.7 Å². The summed E-state index contributed by atoms with van der Waals surface area (Å²) in [5, 5.41) is 17.4. The van der Waals surface area contributed by atoms with Crippen LogP contribution in [-0.4, -0.2) is 0 Å². The van der Waals surface area contributed by atoms with Crippen LogP contribution in [0.5, 0.6) is 0 Å². The number of rotatable bonds is 1. The summed E-state index contributed by atoms with van der Waals surface area (Å²) in [6.45, 7) is 1.89. The standard InChI is InChI=1S/C10H8N2/c1-9-3-2-4-10(7-9,8-12)5-6-11/h3-4,7H,5H2,1H3. The van der Waals surface area contributed by atoms with Crippen LogP contribution in [0.4, 0.5) is 0 Å². The van der Waals surface area contributed by atoms with Gasteiger partial charge in [0.1, 0.15) is 5.41 Å². The van der Waals surface area contributed by atoms with Crippen LogP contribution in [0, 0.1) is 28.1 Å². The first kappa shape index (κ1) is 8.34. The molecule has 1 aliphatic rings. The maximum atomic E-state index is 8.86. The van der Waals surface area contributed by atoms with E-state index < -0.39 is 5.41 Å². The lowest BCUT2D eigenvalue weighted by molar-refractivity contribution is 0.659. The molecule has 0 radical (unpaired) electrons. The lowest BCUT2D eigenvalue weighted by Crippen LogP contribution is -2.12. The van der Waals surface area contributed by atoms with Crippen molar-refractivity contribution in [1.82, 2.24) is 0 Å². The summed E-state index contributed by atoms with van der Waals surface area (Å²) in [6.07, 6.45) is 5.44. The number of nitriles is 2. The summed E-state index contributed by atoms with van der Waals surface area (Å²) in [6, 6.07) is 4.11. The topological polar surface area (TPSA) is 47.6 Å². The highest BCUT2D eigenvalue weighted by atomic mass is 14.4. The molecular weight excluding hydrogens is 148 g/mol. The van der Waals surface area contributed by atoms with Gasteiger partial charge in [0.25, 0.3) is 0 Å². The molecule has 2 nitrogen and oxygen atoms in total. The second kappa shape index (κ2) is 3.09. The molecule has 58 valence electrons. The van der Waals surface area contributed by atoms with E-state index in [-0.39, 0.29) is 6.42 Å². The van der Waals surface area contributed by atoms with Crippen LogP contribution in [0.15, 0.2) is 29.5 Å². The normalized spacial score (nSPS) is 25.8. The van der Waals surface area contributed by atoms with Crippen LogP contribution in [0.1, 0.15) is 13.3 Å². The molecule has 0 aromatic carbocycles. The Bertz CT molecular complexity index is 356. The van der Waals surface area contributed by atoms with Crippen molar-refractivity contribution in [2.45, 2.75) is 13.3 Å². The second-order valence-electron chi connectivity index (χ2n) is 2.83. The molecule has 0 aromatic heterocycles. The van der Waals surface area contributed by atoms with Crippen LogP contribution in [0.2, 0.25) is 0 Å². The fourth-order valence-electron chi connectivity index (χ4n) is 1.15. The molecule has 12 heavy (non-hydrogen) atoms. The maximum absolute atomic E-state index is 8.86. The highest BCUT2D eigenvalue weighted by Crippen LogP contribution is 2.28. The van der Waals surface area contributed by atoms with Crippen molar-refractivity contribution < 1.29 is 0 Å². The summed E-state index contributed by atoms with van der Waals surface area (Å²) < 4.78 is 0. The third-order valence-electron chi connectivity index (χ3n) is 1.72. The van der Waals surface area contributed by atoms with Gasteiger partial charge in [0.15, 0.2) is 0 Å². The van der Waals surface area contributed by atoms with E-state index in [2.05, 4.69) is 11.8 Å². The Morgan fingerprint density at radius 3 is 2.83 bits per heavy atom. The maximum Gasteiger partial charge on any atom is 0.114 e. The van der Waals surface area contributed by atoms with Crippen LogP contribution < -0.4 is 0 Å². The van der Waals surface area contributed by atoms with Gasteiger partial charge in [0.05, 0.1) is 18.6 Å². The van der Waals surface area contributed by atoms with Crippen molar-refractivity contribution in [1.29, 1.82) is 10.5 Å². The number of hydrogen-bond donors (Lipinski definition) is 0. The Morgan fingerprint density at radius 1 is 1.58 bits per heavy atom. The monoisotopic (exact) mass is 156 g/mol. The first-order valence-corrected chi connectivity index (χ1v) is 3.64. The first-order valence-electron chi connectivity index (χ1n) is 3.64. The largest absolute Gasteiger partial charge is 0.198 e. The highest BCUT2D eigenvalue weighted by molar-refractivity contribution is 5.34. The van der Waals surface area contributed by atoms with E-state index in [4.69, 9.17) is 10.5 Å². The van der Waals surface area contributed by atoms with Crippen molar-refractivity contribution >= 4 is 0 Å². The number of nitrogens with zero attached hydrogens (tertiary/aromatic N) is 2. The molecule has 1 atom stereocenters. The Kier molecular flexibility index (Phi) is 2.15. The minimum atomic E-state index is -0.742. The molecular formula is C10H8N2. The van der Waals surface area contributed by atoms with Gasteiger partial charge in [0, 0.05) is 0 Å². The first-order chi connectivity index (χ1) is 5.72. The van der Waals surface area contributed by atoms with Crippen molar-refractivity contribution in [2.24, 2.45) is 5.41 Å². The van der Waals surface area contributed by atoms with Gasteiger partial charge >= 0.3 is 0 Å². The smallest absolute Gasteiger partial charge is 0.114 e. The van der Waals surface area contributed by atoms with Crippen LogP contribution in [-0.2, 0) is 0 Å². The van der Waals surface area contributed by atoms with Gasteiger partial charge in [0.2, 0.25) is 0 Å². The molecule has 1 aliphatic carbocycles. The Balaban J connectivity index is 3.09. The molecule has 0 heterocycles. The SMILES string of the molecule is CC1=CC(C#N)(CC#N)C=C=C1. The summed E-state index contributed by atoms with van der Waals surface area (Å²) in [5.41, 5.74) is 3.11.